The van der Waals surface area contributed by atoms with Crippen molar-refractivity contribution < 1.29 is 4.74 Å². The zero-order valence-electron chi connectivity index (χ0n) is 12.5. The smallest absolute Gasteiger partial charge is 0.218 e. The van der Waals surface area contributed by atoms with Crippen molar-refractivity contribution in [2.75, 3.05) is 0 Å². The molecule has 0 aliphatic heterocycles. The molecule has 3 nitrogen and oxygen atoms in total. The Kier molecular flexibility index (Phi) is 4.88. The van der Waals surface area contributed by atoms with Crippen LogP contribution in [0.1, 0.15) is 41.7 Å². The molecule has 0 bridgehead atoms. The summed E-state index contributed by atoms with van der Waals surface area (Å²) in [6.07, 6.45) is 7.07. The second-order valence-corrected chi connectivity index (χ2v) is 6.62. The third kappa shape index (κ3) is 3.83. The summed E-state index contributed by atoms with van der Waals surface area (Å²) in [6.45, 7) is 3.86. The Morgan fingerprint density at radius 3 is 2.90 bits per heavy atom. The zero-order valence-corrected chi connectivity index (χ0v) is 13.3. The number of rotatable bonds is 6. The minimum absolute atomic E-state index is 0.359. The predicted octanol–water partition coefficient (Wildman–Crippen LogP) is 4.06. The molecule has 2 aromatic heterocycles. The lowest BCUT2D eigenvalue weighted by Gasteiger charge is -2.15. The van der Waals surface area contributed by atoms with E-state index in [0.29, 0.717) is 6.10 Å². The average molecular weight is 302 g/mol. The lowest BCUT2D eigenvalue weighted by atomic mass is 10.2. The van der Waals surface area contributed by atoms with E-state index in [0.717, 1.165) is 37.4 Å². The van der Waals surface area contributed by atoms with Crippen molar-refractivity contribution in [1.82, 2.24) is 10.3 Å². The summed E-state index contributed by atoms with van der Waals surface area (Å²) in [7, 11) is 0. The van der Waals surface area contributed by atoms with E-state index in [1.54, 1.807) is 11.3 Å². The summed E-state index contributed by atoms with van der Waals surface area (Å²) in [6, 6.07) is 6.25. The number of aromatic nitrogens is 1. The van der Waals surface area contributed by atoms with E-state index < -0.39 is 0 Å². The number of nitrogens with one attached hydrogen (secondary N) is 1. The van der Waals surface area contributed by atoms with Crippen molar-refractivity contribution in [2.24, 2.45) is 0 Å². The molecule has 1 fully saturated rings. The van der Waals surface area contributed by atoms with E-state index >= 15 is 0 Å². The van der Waals surface area contributed by atoms with Crippen LogP contribution in [-0.4, -0.2) is 11.1 Å². The van der Waals surface area contributed by atoms with Gasteiger partial charge in [-0.25, -0.2) is 4.98 Å². The van der Waals surface area contributed by atoms with Crippen LogP contribution in [0.5, 0.6) is 5.88 Å². The van der Waals surface area contributed by atoms with E-state index in [9.17, 15) is 0 Å². The second kappa shape index (κ2) is 7.05. The number of pyridine rings is 1. The first-order valence-electron chi connectivity index (χ1n) is 7.67. The van der Waals surface area contributed by atoms with Crippen LogP contribution < -0.4 is 10.1 Å². The fourth-order valence-electron chi connectivity index (χ4n) is 2.72. The first kappa shape index (κ1) is 14.5. The summed E-state index contributed by atoms with van der Waals surface area (Å²) in [5.41, 5.74) is 2.51. The first-order chi connectivity index (χ1) is 10.3. The fraction of sp³-hybridized carbons (Fsp3) is 0.471. The second-order valence-electron chi connectivity index (χ2n) is 5.62. The van der Waals surface area contributed by atoms with Gasteiger partial charge in [0.05, 0.1) is 0 Å². The Balaban J connectivity index is 1.58. The van der Waals surface area contributed by atoms with Gasteiger partial charge in [-0.3, -0.25) is 0 Å². The quantitative estimate of drug-likeness (QED) is 0.873. The molecule has 3 rings (SSSR count). The lowest BCUT2D eigenvalue weighted by Crippen LogP contribution is -2.17. The van der Waals surface area contributed by atoms with E-state index in [1.165, 1.54) is 23.3 Å². The number of hydrogen-bond donors (Lipinski definition) is 1. The maximum absolute atomic E-state index is 6.07. The number of thiophene rings is 1. The highest BCUT2D eigenvalue weighted by molar-refractivity contribution is 7.10. The molecule has 0 atom stereocenters. The molecule has 1 N–H and O–H groups in total. The Labute approximate surface area is 130 Å². The third-order valence-electron chi connectivity index (χ3n) is 4.00. The van der Waals surface area contributed by atoms with Crippen LogP contribution in [0.25, 0.3) is 0 Å². The summed E-state index contributed by atoms with van der Waals surface area (Å²) in [4.78, 5) is 5.82. The van der Waals surface area contributed by atoms with Crippen molar-refractivity contribution in [3.8, 4) is 5.88 Å². The minimum atomic E-state index is 0.359. The molecule has 1 aliphatic carbocycles. The number of ether oxygens (including phenoxy) is 1. The van der Waals surface area contributed by atoms with Gasteiger partial charge in [0.1, 0.15) is 6.10 Å². The first-order valence-corrected chi connectivity index (χ1v) is 8.55. The predicted molar refractivity (Wildman–Crippen MR) is 86.7 cm³/mol. The van der Waals surface area contributed by atoms with Crippen molar-refractivity contribution in [3.05, 3.63) is 45.8 Å². The summed E-state index contributed by atoms with van der Waals surface area (Å²) < 4.78 is 6.07. The van der Waals surface area contributed by atoms with Crippen LogP contribution in [0.15, 0.2) is 29.8 Å². The Hall–Kier alpha value is -1.39. The third-order valence-corrected chi connectivity index (χ3v) is 5.02. The molecule has 4 heteroatoms. The molecule has 2 heterocycles. The van der Waals surface area contributed by atoms with Crippen LogP contribution in [0.3, 0.4) is 0 Å². The van der Waals surface area contributed by atoms with Crippen molar-refractivity contribution in [3.63, 3.8) is 0 Å². The van der Waals surface area contributed by atoms with Gasteiger partial charge in [-0.1, -0.05) is 6.07 Å². The molecule has 0 radical (unpaired) electrons. The van der Waals surface area contributed by atoms with Gasteiger partial charge in [0.15, 0.2) is 0 Å². The standard InChI is InChI=1S/C17H22N2OS/c1-13-8-10-21-16(13)12-18-11-14-5-4-9-19-17(14)20-15-6-2-3-7-15/h4-5,8-10,15,18H,2-3,6-7,11-12H2,1H3. The molecule has 1 aliphatic rings. The maximum Gasteiger partial charge on any atom is 0.218 e. The summed E-state index contributed by atoms with van der Waals surface area (Å²) in [5.74, 6) is 0.805. The fourth-order valence-corrected chi connectivity index (χ4v) is 3.60. The van der Waals surface area contributed by atoms with Gasteiger partial charge in [0.25, 0.3) is 0 Å². The van der Waals surface area contributed by atoms with E-state index in [-0.39, 0.29) is 0 Å². The largest absolute Gasteiger partial charge is 0.474 e. The van der Waals surface area contributed by atoms with Gasteiger partial charge >= 0.3 is 0 Å². The molecule has 112 valence electrons. The Morgan fingerprint density at radius 2 is 2.14 bits per heavy atom. The van der Waals surface area contributed by atoms with Gasteiger partial charge in [-0.05, 0) is 55.7 Å². The normalized spacial score (nSPS) is 15.5. The number of aryl methyl sites for hydroxylation is 1. The van der Waals surface area contributed by atoms with Crippen molar-refractivity contribution in [1.29, 1.82) is 0 Å². The van der Waals surface area contributed by atoms with Crippen LogP contribution in [-0.2, 0) is 13.1 Å². The molecule has 0 spiro atoms. The van der Waals surface area contributed by atoms with Crippen molar-refractivity contribution >= 4 is 11.3 Å². The van der Waals surface area contributed by atoms with Gasteiger partial charge in [-0.2, -0.15) is 0 Å². The Bertz CT molecular complexity index is 576. The average Bonchev–Trinajstić information content (AvgIpc) is 3.13. The van der Waals surface area contributed by atoms with Gasteiger partial charge in [-0.15, -0.1) is 11.3 Å². The molecular formula is C17H22N2OS. The molecular weight excluding hydrogens is 280 g/mol. The number of nitrogens with zero attached hydrogens (tertiary/aromatic N) is 1. The molecule has 0 amide bonds. The highest BCUT2D eigenvalue weighted by Gasteiger charge is 2.18. The monoisotopic (exact) mass is 302 g/mol. The zero-order chi connectivity index (χ0) is 14.5. The maximum atomic E-state index is 6.07. The molecule has 21 heavy (non-hydrogen) atoms. The Morgan fingerprint density at radius 1 is 1.29 bits per heavy atom. The SMILES string of the molecule is Cc1ccsc1CNCc1cccnc1OC1CCCC1. The van der Waals surface area contributed by atoms with Gasteiger partial charge < -0.3 is 10.1 Å². The molecule has 0 saturated heterocycles. The molecule has 2 aromatic rings. The van der Waals surface area contributed by atoms with Gasteiger partial charge in [0.2, 0.25) is 5.88 Å². The van der Waals surface area contributed by atoms with E-state index in [4.69, 9.17) is 4.74 Å². The van der Waals surface area contributed by atoms with Gasteiger partial charge in [0, 0.05) is 29.7 Å². The lowest BCUT2D eigenvalue weighted by molar-refractivity contribution is 0.199. The topological polar surface area (TPSA) is 34.2 Å². The van der Waals surface area contributed by atoms with Crippen LogP contribution >= 0.6 is 11.3 Å². The van der Waals surface area contributed by atoms with Crippen LogP contribution in [0, 0.1) is 6.92 Å². The van der Waals surface area contributed by atoms with Crippen LogP contribution in [0.4, 0.5) is 0 Å². The highest BCUT2D eigenvalue weighted by atomic mass is 32.1. The molecule has 1 saturated carbocycles. The van der Waals surface area contributed by atoms with E-state index in [2.05, 4.69) is 34.7 Å². The minimum Gasteiger partial charge on any atom is -0.474 e. The molecule has 0 unspecified atom stereocenters. The summed E-state index contributed by atoms with van der Waals surface area (Å²) in [5, 5.41) is 5.64. The molecule has 0 aromatic carbocycles. The summed E-state index contributed by atoms with van der Waals surface area (Å²) >= 11 is 1.81. The van der Waals surface area contributed by atoms with E-state index in [1.807, 2.05) is 12.3 Å². The van der Waals surface area contributed by atoms with Crippen molar-refractivity contribution in [2.45, 2.75) is 51.8 Å². The number of hydrogen-bond acceptors (Lipinski definition) is 4. The van der Waals surface area contributed by atoms with Crippen LogP contribution in [0.2, 0.25) is 0 Å². The highest BCUT2D eigenvalue weighted by Crippen LogP contribution is 2.25.